The number of rotatable bonds is 3. The molecule has 0 saturated carbocycles. The highest BCUT2D eigenvalue weighted by molar-refractivity contribution is 5.92. The maximum absolute atomic E-state index is 10.9. The smallest absolute Gasteiger partial charge is 0.166 e. The Morgan fingerprint density at radius 2 is 2.07 bits per heavy atom. The predicted octanol–water partition coefficient (Wildman–Crippen LogP) is 1.94. The number of carbonyl (C=O) groups is 2. The quantitative estimate of drug-likeness (QED) is 0.747. The molecule has 0 bridgehead atoms. The summed E-state index contributed by atoms with van der Waals surface area (Å²) in [5, 5.41) is 0. The Kier molecular flexibility index (Phi) is 2.25. The van der Waals surface area contributed by atoms with Gasteiger partial charge in [0.05, 0.1) is 11.4 Å². The summed E-state index contributed by atoms with van der Waals surface area (Å²) in [4.78, 5) is 27.5. The molecule has 0 fully saturated rings. The van der Waals surface area contributed by atoms with Crippen LogP contribution in [0.25, 0.3) is 11.3 Å². The molecule has 2 aromatic rings. The zero-order valence-electron chi connectivity index (χ0n) is 8.20. The predicted molar refractivity (Wildman–Crippen MR) is 56.1 cm³/mol. The Morgan fingerprint density at radius 1 is 1.27 bits per heavy atom. The number of aromatic amines is 2. The Hall–Kier alpha value is -2.10. The molecule has 4 nitrogen and oxygen atoms in total. The highest BCUT2D eigenvalue weighted by atomic mass is 16.1. The van der Waals surface area contributed by atoms with E-state index in [1.54, 1.807) is 19.3 Å². The van der Waals surface area contributed by atoms with Crippen molar-refractivity contribution in [2.45, 2.75) is 6.92 Å². The Labute approximate surface area is 86.3 Å². The van der Waals surface area contributed by atoms with E-state index in [9.17, 15) is 9.59 Å². The van der Waals surface area contributed by atoms with Crippen molar-refractivity contribution in [1.82, 2.24) is 9.97 Å². The van der Waals surface area contributed by atoms with Crippen LogP contribution in [0, 0.1) is 6.92 Å². The van der Waals surface area contributed by atoms with E-state index in [2.05, 4.69) is 9.97 Å². The van der Waals surface area contributed by atoms with E-state index in [0.29, 0.717) is 22.5 Å². The van der Waals surface area contributed by atoms with E-state index < -0.39 is 0 Å². The summed E-state index contributed by atoms with van der Waals surface area (Å²) < 4.78 is 0. The van der Waals surface area contributed by atoms with E-state index in [4.69, 9.17) is 0 Å². The first-order chi connectivity index (χ1) is 7.27. The Balaban J connectivity index is 2.66. The van der Waals surface area contributed by atoms with Crippen LogP contribution in [0.4, 0.5) is 0 Å². The van der Waals surface area contributed by atoms with Crippen molar-refractivity contribution in [2.75, 3.05) is 0 Å². The molecule has 15 heavy (non-hydrogen) atoms. The van der Waals surface area contributed by atoms with Gasteiger partial charge in [-0.25, -0.2) is 0 Å². The normalized spacial score (nSPS) is 10.2. The molecule has 0 saturated heterocycles. The molecule has 2 aromatic heterocycles. The van der Waals surface area contributed by atoms with E-state index >= 15 is 0 Å². The zero-order valence-corrected chi connectivity index (χ0v) is 8.20. The minimum atomic E-state index is 0.452. The third kappa shape index (κ3) is 1.40. The fourth-order valence-electron chi connectivity index (χ4n) is 1.60. The van der Waals surface area contributed by atoms with Crippen LogP contribution in [-0.4, -0.2) is 22.5 Å². The molecule has 0 aliphatic rings. The van der Waals surface area contributed by atoms with Crippen LogP contribution in [0.15, 0.2) is 18.5 Å². The third-order valence-electron chi connectivity index (χ3n) is 2.46. The molecule has 0 atom stereocenters. The minimum absolute atomic E-state index is 0.452. The van der Waals surface area contributed by atoms with E-state index in [-0.39, 0.29) is 0 Å². The minimum Gasteiger partial charge on any atom is -0.367 e. The van der Waals surface area contributed by atoms with Crippen molar-refractivity contribution in [3.63, 3.8) is 0 Å². The summed E-state index contributed by atoms with van der Waals surface area (Å²) in [5.74, 6) is 0. The lowest BCUT2D eigenvalue weighted by Crippen LogP contribution is -1.84. The van der Waals surface area contributed by atoms with Crippen molar-refractivity contribution >= 4 is 12.6 Å². The fourth-order valence-corrected chi connectivity index (χ4v) is 1.60. The van der Waals surface area contributed by atoms with Crippen molar-refractivity contribution < 1.29 is 9.59 Å². The molecule has 0 radical (unpaired) electrons. The lowest BCUT2D eigenvalue weighted by atomic mass is 10.1. The first-order valence-electron chi connectivity index (χ1n) is 4.54. The first kappa shape index (κ1) is 9.45. The molecular formula is C11H10N2O2. The molecule has 2 N–H and O–H groups in total. The van der Waals surface area contributed by atoms with Crippen LogP contribution in [-0.2, 0) is 0 Å². The van der Waals surface area contributed by atoms with Gasteiger partial charge in [-0.05, 0) is 18.6 Å². The van der Waals surface area contributed by atoms with Gasteiger partial charge in [-0.15, -0.1) is 0 Å². The maximum atomic E-state index is 10.9. The van der Waals surface area contributed by atoms with Crippen LogP contribution in [0.3, 0.4) is 0 Å². The van der Waals surface area contributed by atoms with Gasteiger partial charge in [0.25, 0.3) is 0 Å². The number of aldehydes is 2. The highest BCUT2D eigenvalue weighted by Gasteiger charge is 2.14. The Morgan fingerprint density at radius 3 is 2.60 bits per heavy atom. The fraction of sp³-hybridized carbons (Fsp3) is 0.0909. The average molecular weight is 202 g/mol. The van der Waals surface area contributed by atoms with Crippen LogP contribution in [0.1, 0.15) is 26.4 Å². The zero-order chi connectivity index (χ0) is 10.8. The van der Waals surface area contributed by atoms with Gasteiger partial charge < -0.3 is 9.97 Å². The van der Waals surface area contributed by atoms with Gasteiger partial charge in [-0.2, -0.15) is 0 Å². The summed E-state index contributed by atoms with van der Waals surface area (Å²) >= 11 is 0. The molecule has 0 spiro atoms. The number of aromatic nitrogens is 2. The standard InChI is InChI=1S/C11H10N2O2/c1-7-9(5-14)11(13-10(7)6-15)8-2-3-12-4-8/h2-6,12-13H,1H3. The molecule has 76 valence electrons. The van der Waals surface area contributed by atoms with Crippen molar-refractivity contribution in [3.05, 3.63) is 35.3 Å². The summed E-state index contributed by atoms with van der Waals surface area (Å²) in [6, 6.07) is 1.84. The number of nitrogens with one attached hydrogen (secondary N) is 2. The molecular weight excluding hydrogens is 192 g/mol. The van der Waals surface area contributed by atoms with Crippen LogP contribution >= 0.6 is 0 Å². The number of hydrogen-bond acceptors (Lipinski definition) is 2. The molecule has 0 aliphatic carbocycles. The molecule has 2 heterocycles. The molecule has 0 unspecified atom stereocenters. The van der Waals surface area contributed by atoms with E-state index in [1.165, 1.54) is 0 Å². The monoisotopic (exact) mass is 202 g/mol. The van der Waals surface area contributed by atoms with E-state index in [0.717, 1.165) is 18.1 Å². The maximum Gasteiger partial charge on any atom is 0.166 e. The number of hydrogen-bond donors (Lipinski definition) is 2. The summed E-state index contributed by atoms with van der Waals surface area (Å²) in [6.07, 6.45) is 5.02. The first-order valence-corrected chi connectivity index (χ1v) is 4.54. The van der Waals surface area contributed by atoms with Gasteiger partial charge >= 0.3 is 0 Å². The van der Waals surface area contributed by atoms with Crippen molar-refractivity contribution in [2.24, 2.45) is 0 Å². The van der Waals surface area contributed by atoms with Gasteiger partial charge in [0.1, 0.15) is 0 Å². The van der Waals surface area contributed by atoms with Crippen LogP contribution in [0.2, 0.25) is 0 Å². The topological polar surface area (TPSA) is 65.7 Å². The van der Waals surface area contributed by atoms with Crippen LogP contribution < -0.4 is 0 Å². The largest absolute Gasteiger partial charge is 0.367 e. The molecule has 4 heteroatoms. The third-order valence-corrected chi connectivity index (χ3v) is 2.46. The summed E-state index contributed by atoms with van der Waals surface area (Å²) in [6.45, 7) is 1.75. The lowest BCUT2D eigenvalue weighted by molar-refractivity contribution is 0.111. The summed E-state index contributed by atoms with van der Waals surface area (Å²) in [5.41, 5.74) is 3.24. The molecule has 0 aromatic carbocycles. The molecule has 0 aliphatic heterocycles. The van der Waals surface area contributed by atoms with Crippen LogP contribution in [0.5, 0.6) is 0 Å². The van der Waals surface area contributed by atoms with Gasteiger partial charge in [-0.3, -0.25) is 9.59 Å². The van der Waals surface area contributed by atoms with E-state index in [1.807, 2.05) is 6.07 Å². The average Bonchev–Trinajstić information content (AvgIpc) is 2.84. The second kappa shape index (κ2) is 3.57. The SMILES string of the molecule is Cc1c(C=O)[nH]c(-c2cc[nH]c2)c1C=O. The lowest BCUT2D eigenvalue weighted by Gasteiger charge is -1.94. The number of carbonyl (C=O) groups excluding carboxylic acids is 2. The Bertz CT molecular complexity index is 495. The summed E-state index contributed by atoms with van der Waals surface area (Å²) in [7, 11) is 0. The van der Waals surface area contributed by atoms with Crippen molar-refractivity contribution in [3.8, 4) is 11.3 Å². The molecule has 2 rings (SSSR count). The second-order valence-electron chi connectivity index (χ2n) is 3.29. The van der Waals surface area contributed by atoms with Gasteiger partial charge in [0.2, 0.25) is 0 Å². The van der Waals surface area contributed by atoms with Gasteiger partial charge in [0, 0.05) is 23.5 Å². The highest BCUT2D eigenvalue weighted by Crippen LogP contribution is 2.25. The molecule has 0 amide bonds. The van der Waals surface area contributed by atoms with Crippen molar-refractivity contribution in [1.29, 1.82) is 0 Å². The van der Waals surface area contributed by atoms with Gasteiger partial charge in [-0.1, -0.05) is 0 Å². The number of H-pyrrole nitrogens is 2. The van der Waals surface area contributed by atoms with Gasteiger partial charge in [0.15, 0.2) is 12.6 Å². The second-order valence-corrected chi connectivity index (χ2v) is 3.29.